The molecule has 0 aliphatic carbocycles. The van der Waals surface area contributed by atoms with Crippen LogP contribution in [0.4, 0.5) is 4.39 Å². The molecule has 1 N–H and O–H groups in total. The molecule has 3 rings (SSSR count). The van der Waals surface area contributed by atoms with Gasteiger partial charge in [0.05, 0.1) is 0 Å². The van der Waals surface area contributed by atoms with Crippen LogP contribution in [-0.4, -0.2) is 35.5 Å². The summed E-state index contributed by atoms with van der Waals surface area (Å²) >= 11 is 0. The van der Waals surface area contributed by atoms with E-state index in [0.29, 0.717) is 30.2 Å². The molecule has 0 radical (unpaired) electrons. The molecule has 0 spiro atoms. The third-order valence-corrected chi connectivity index (χ3v) is 4.58. The zero-order chi connectivity index (χ0) is 14.1. The third kappa shape index (κ3) is 2.57. The molecule has 2 aliphatic heterocycles. The second-order valence-corrected chi connectivity index (χ2v) is 5.86. The Labute approximate surface area is 119 Å². The van der Waals surface area contributed by atoms with Gasteiger partial charge in [-0.1, -0.05) is 0 Å². The smallest absolute Gasteiger partial charge is 0.254 e. The Hall–Kier alpha value is -1.42. The number of rotatable bonds is 3. The van der Waals surface area contributed by atoms with Gasteiger partial charge in [0.1, 0.15) is 5.82 Å². The van der Waals surface area contributed by atoms with Crippen LogP contribution in [0.1, 0.15) is 43.0 Å². The van der Waals surface area contributed by atoms with E-state index in [9.17, 15) is 9.18 Å². The maximum Gasteiger partial charge on any atom is 0.254 e. The maximum atomic E-state index is 13.0. The SMILES string of the molecule is CCN(C(=O)c1ccc(F)cc1)C1CC2CCC(C1)N2. The highest BCUT2D eigenvalue weighted by molar-refractivity contribution is 5.94. The Morgan fingerprint density at radius 3 is 2.40 bits per heavy atom. The van der Waals surface area contributed by atoms with Gasteiger partial charge in [-0.3, -0.25) is 4.79 Å². The summed E-state index contributed by atoms with van der Waals surface area (Å²) in [5.74, 6) is -0.275. The normalized spacial score (nSPS) is 28.4. The van der Waals surface area contributed by atoms with Crippen molar-refractivity contribution < 1.29 is 9.18 Å². The second-order valence-electron chi connectivity index (χ2n) is 5.86. The van der Waals surface area contributed by atoms with E-state index in [0.717, 1.165) is 12.8 Å². The average molecular weight is 276 g/mol. The van der Waals surface area contributed by atoms with E-state index >= 15 is 0 Å². The Morgan fingerprint density at radius 1 is 1.25 bits per heavy atom. The first-order valence-corrected chi connectivity index (χ1v) is 7.50. The minimum Gasteiger partial charge on any atom is -0.336 e. The van der Waals surface area contributed by atoms with Crippen LogP contribution in [0.2, 0.25) is 0 Å². The number of hydrogen-bond acceptors (Lipinski definition) is 2. The lowest BCUT2D eigenvalue weighted by Gasteiger charge is -2.37. The average Bonchev–Trinajstić information content (AvgIpc) is 2.79. The molecule has 0 saturated carbocycles. The summed E-state index contributed by atoms with van der Waals surface area (Å²) in [6.07, 6.45) is 4.53. The van der Waals surface area contributed by atoms with Gasteiger partial charge in [0.2, 0.25) is 0 Å². The Bertz CT molecular complexity index is 476. The van der Waals surface area contributed by atoms with Gasteiger partial charge in [-0.15, -0.1) is 0 Å². The van der Waals surface area contributed by atoms with Crippen LogP contribution in [0.3, 0.4) is 0 Å². The monoisotopic (exact) mass is 276 g/mol. The minimum atomic E-state index is -0.301. The fourth-order valence-corrected chi connectivity index (χ4v) is 3.61. The molecule has 2 bridgehead atoms. The molecular formula is C16H21FN2O. The standard InChI is InChI=1S/C16H21FN2O/c1-2-19(15-9-13-7-8-14(10-15)18-13)16(20)11-3-5-12(17)6-4-11/h3-6,13-15,18H,2,7-10H2,1H3. The molecule has 3 nitrogen and oxygen atoms in total. The van der Waals surface area contributed by atoms with Crippen molar-refractivity contribution in [2.75, 3.05) is 6.54 Å². The van der Waals surface area contributed by atoms with E-state index in [-0.39, 0.29) is 11.7 Å². The van der Waals surface area contributed by atoms with Gasteiger partial charge >= 0.3 is 0 Å². The van der Waals surface area contributed by atoms with Gasteiger partial charge in [-0.2, -0.15) is 0 Å². The highest BCUT2D eigenvalue weighted by atomic mass is 19.1. The van der Waals surface area contributed by atoms with E-state index < -0.39 is 0 Å². The number of hydrogen-bond donors (Lipinski definition) is 1. The van der Waals surface area contributed by atoms with E-state index in [1.54, 1.807) is 12.1 Å². The first-order valence-electron chi connectivity index (χ1n) is 7.50. The van der Waals surface area contributed by atoms with Gasteiger partial charge in [0.15, 0.2) is 0 Å². The van der Waals surface area contributed by atoms with Crippen LogP contribution in [0.25, 0.3) is 0 Å². The lowest BCUT2D eigenvalue weighted by molar-refractivity contribution is 0.0631. The zero-order valence-corrected chi connectivity index (χ0v) is 11.8. The van der Waals surface area contributed by atoms with Crippen LogP contribution in [-0.2, 0) is 0 Å². The third-order valence-electron chi connectivity index (χ3n) is 4.58. The number of carbonyl (C=O) groups excluding carboxylic acids is 1. The quantitative estimate of drug-likeness (QED) is 0.920. The van der Waals surface area contributed by atoms with Crippen molar-refractivity contribution in [3.05, 3.63) is 35.6 Å². The number of nitrogens with zero attached hydrogens (tertiary/aromatic N) is 1. The highest BCUT2D eigenvalue weighted by Crippen LogP contribution is 2.30. The summed E-state index contributed by atoms with van der Waals surface area (Å²) in [5, 5.41) is 3.60. The molecule has 4 heteroatoms. The second kappa shape index (κ2) is 5.52. The van der Waals surface area contributed by atoms with Crippen LogP contribution >= 0.6 is 0 Å². The summed E-state index contributed by atoms with van der Waals surface area (Å²) in [6, 6.07) is 7.31. The number of piperidine rings is 1. The van der Waals surface area contributed by atoms with Crippen molar-refractivity contribution in [1.82, 2.24) is 10.2 Å². The van der Waals surface area contributed by atoms with Gasteiger partial charge in [-0.05, 0) is 56.9 Å². The van der Waals surface area contributed by atoms with Crippen LogP contribution in [0.15, 0.2) is 24.3 Å². The molecule has 108 valence electrons. The topological polar surface area (TPSA) is 32.3 Å². The van der Waals surface area contributed by atoms with Gasteiger partial charge in [0, 0.05) is 30.2 Å². The molecular weight excluding hydrogens is 255 g/mol. The zero-order valence-electron chi connectivity index (χ0n) is 11.8. The highest BCUT2D eigenvalue weighted by Gasteiger charge is 2.37. The Balaban J connectivity index is 1.75. The number of nitrogens with one attached hydrogen (secondary N) is 1. The van der Waals surface area contributed by atoms with Gasteiger partial charge < -0.3 is 10.2 Å². The van der Waals surface area contributed by atoms with Crippen molar-refractivity contribution in [3.63, 3.8) is 0 Å². The molecule has 1 amide bonds. The summed E-state index contributed by atoms with van der Waals surface area (Å²) in [4.78, 5) is 14.6. The molecule has 0 aromatic heterocycles. The molecule has 20 heavy (non-hydrogen) atoms. The van der Waals surface area contributed by atoms with Crippen LogP contribution in [0.5, 0.6) is 0 Å². The van der Waals surface area contributed by atoms with Crippen molar-refractivity contribution in [1.29, 1.82) is 0 Å². The van der Waals surface area contributed by atoms with E-state index in [2.05, 4.69) is 5.32 Å². The molecule has 2 saturated heterocycles. The summed E-state index contributed by atoms with van der Waals surface area (Å²) in [7, 11) is 0. The summed E-state index contributed by atoms with van der Waals surface area (Å²) in [6.45, 7) is 2.73. The van der Waals surface area contributed by atoms with Crippen molar-refractivity contribution in [2.24, 2.45) is 0 Å². The number of halogens is 1. The van der Waals surface area contributed by atoms with Crippen LogP contribution in [0, 0.1) is 5.82 Å². The fraction of sp³-hybridized carbons (Fsp3) is 0.562. The van der Waals surface area contributed by atoms with Gasteiger partial charge in [-0.25, -0.2) is 4.39 Å². The number of carbonyl (C=O) groups is 1. The largest absolute Gasteiger partial charge is 0.336 e. The lowest BCUT2D eigenvalue weighted by Crippen LogP contribution is -2.50. The molecule has 2 atom stereocenters. The maximum absolute atomic E-state index is 13.0. The Kier molecular flexibility index (Phi) is 3.74. The lowest BCUT2D eigenvalue weighted by atomic mass is 9.97. The molecule has 2 heterocycles. The molecule has 2 unspecified atom stereocenters. The predicted octanol–water partition coefficient (Wildman–Crippen LogP) is 2.57. The van der Waals surface area contributed by atoms with Crippen molar-refractivity contribution in [2.45, 2.75) is 50.7 Å². The number of benzene rings is 1. The summed E-state index contributed by atoms with van der Waals surface area (Å²) < 4.78 is 13.0. The first kappa shape index (κ1) is 13.6. The Morgan fingerprint density at radius 2 is 1.85 bits per heavy atom. The first-order chi connectivity index (χ1) is 9.67. The molecule has 2 fully saturated rings. The fourth-order valence-electron chi connectivity index (χ4n) is 3.61. The molecule has 1 aromatic rings. The summed E-state index contributed by atoms with van der Waals surface area (Å²) in [5.41, 5.74) is 0.583. The molecule has 2 aliphatic rings. The van der Waals surface area contributed by atoms with E-state index in [1.807, 2.05) is 11.8 Å². The minimum absolute atomic E-state index is 0.0267. The van der Waals surface area contributed by atoms with Crippen molar-refractivity contribution >= 4 is 5.91 Å². The predicted molar refractivity (Wildman–Crippen MR) is 76.1 cm³/mol. The number of fused-ring (bicyclic) bond motifs is 2. The van der Waals surface area contributed by atoms with Gasteiger partial charge in [0.25, 0.3) is 5.91 Å². The molecule has 1 aromatic carbocycles. The number of amides is 1. The van der Waals surface area contributed by atoms with Crippen molar-refractivity contribution in [3.8, 4) is 0 Å². The van der Waals surface area contributed by atoms with E-state index in [1.165, 1.54) is 25.0 Å². The van der Waals surface area contributed by atoms with Crippen LogP contribution < -0.4 is 5.32 Å². The van der Waals surface area contributed by atoms with E-state index in [4.69, 9.17) is 0 Å².